The van der Waals surface area contributed by atoms with E-state index in [0.717, 1.165) is 0 Å². The summed E-state index contributed by atoms with van der Waals surface area (Å²) in [5.41, 5.74) is 0.789. The normalized spacial score (nSPS) is 13.5. The SMILES string of the molecule is COC(=O)C(CC1=C(F)COc2ccccc21)C(=O)OC. The number of ether oxygens (including phenoxy) is 3. The molecule has 0 atom stereocenters. The molecule has 0 fully saturated rings. The van der Waals surface area contributed by atoms with Gasteiger partial charge in [-0.2, -0.15) is 0 Å². The summed E-state index contributed by atoms with van der Waals surface area (Å²) < 4.78 is 28.5. The van der Waals surface area contributed by atoms with Crippen molar-refractivity contribution in [2.45, 2.75) is 6.42 Å². The van der Waals surface area contributed by atoms with Crippen LogP contribution in [0.4, 0.5) is 4.39 Å². The minimum Gasteiger partial charge on any atom is -0.486 e. The fourth-order valence-corrected chi connectivity index (χ4v) is 2.19. The van der Waals surface area contributed by atoms with Crippen LogP contribution < -0.4 is 4.74 Å². The largest absolute Gasteiger partial charge is 0.486 e. The highest BCUT2D eigenvalue weighted by Gasteiger charge is 2.33. The lowest BCUT2D eigenvalue weighted by molar-refractivity contribution is -0.158. The number of hydrogen-bond acceptors (Lipinski definition) is 5. The fraction of sp³-hybridized carbons (Fsp3) is 0.333. The number of halogens is 1. The van der Waals surface area contributed by atoms with Crippen molar-refractivity contribution in [3.05, 3.63) is 35.7 Å². The van der Waals surface area contributed by atoms with Crippen molar-refractivity contribution in [1.82, 2.24) is 0 Å². The van der Waals surface area contributed by atoms with Gasteiger partial charge in [0.2, 0.25) is 0 Å². The van der Waals surface area contributed by atoms with E-state index in [9.17, 15) is 14.0 Å². The molecule has 0 unspecified atom stereocenters. The van der Waals surface area contributed by atoms with Gasteiger partial charge < -0.3 is 14.2 Å². The second-order valence-electron chi connectivity index (χ2n) is 4.47. The van der Waals surface area contributed by atoms with E-state index in [0.29, 0.717) is 11.3 Å². The van der Waals surface area contributed by atoms with Gasteiger partial charge in [-0.15, -0.1) is 0 Å². The number of carbonyl (C=O) groups is 2. The van der Waals surface area contributed by atoms with E-state index in [1.54, 1.807) is 24.3 Å². The third-order valence-corrected chi connectivity index (χ3v) is 3.27. The maximum Gasteiger partial charge on any atom is 0.320 e. The van der Waals surface area contributed by atoms with Crippen molar-refractivity contribution in [2.24, 2.45) is 5.92 Å². The Hall–Kier alpha value is -2.37. The zero-order chi connectivity index (χ0) is 15.4. The predicted octanol–water partition coefficient (Wildman–Crippen LogP) is 2.11. The van der Waals surface area contributed by atoms with E-state index >= 15 is 0 Å². The smallest absolute Gasteiger partial charge is 0.320 e. The van der Waals surface area contributed by atoms with Crippen LogP contribution in [0.2, 0.25) is 0 Å². The summed E-state index contributed by atoms with van der Waals surface area (Å²) >= 11 is 0. The van der Waals surface area contributed by atoms with Gasteiger partial charge in [0.15, 0.2) is 5.92 Å². The van der Waals surface area contributed by atoms with Gasteiger partial charge in [-0.25, -0.2) is 4.39 Å². The molecule has 0 saturated heterocycles. The topological polar surface area (TPSA) is 61.8 Å². The maximum atomic E-state index is 14.1. The van der Waals surface area contributed by atoms with Crippen LogP contribution in [0.1, 0.15) is 12.0 Å². The van der Waals surface area contributed by atoms with Gasteiger partial charge in [-0.05, 0) is 18.1 Å². The highest BCUT2D eigenvalue weighted by molar-refractivity contribution is 5.97. The third-order valence-electron chi connectivity index (χ3n) is 3.27. The zero-order valence-corrected chi connectivity index (χ0v) is 11.7. The number of carbonyl (C=O) groups excluding carboxylic acids is 2. The number of hydrogen-bond donors (Lipinski definition) is 0. The van der Waals surface area contributed by atoms with Gasteiger partial charge in [-0.1, -0.05) is 18.2 Å². The van der Waals surface area contributed by atoms with Crippen LogP contribution in [-0.2, 0) is 19.1 Å². The molecule has 5 nitrogen and oxygen atoms in total. The summed E-state index contributed by atoms with van der Waals surface area (Å²) in [6.07, 6.45) is -0.133. The molecule has 112 valence electrons. The number of esters is 2. The van der Waals surface area contributed by atoms with Crippen LogP contribution in [-0.4, -0.2) is 32.8 Å². The molecule has 1 aliphatic rings. The van der Waals surface area contributed by atoms with Gasteiger partial charge in [0.05, 0.1) is 14.2 Å². The average molecular weight is 294 g/mol. The van der Waals surface area contributed by atoms with Crippen LogP contribution in [0.3, 0.4) is 0 Å². The molecule has 0 bridgehead atoms. The minimum atomic E-state index is -1.20. The molecule has 0 saturated carbocycles. The summed E-state index contributed by atoms with van der Waals surface area (Å²) in [4.78, 5) is 23.4. The van der Waals surface area contributed by atoms with Crippen LogP contribution >= 0.6 is 0 Å². The molecule has 1 aromatic carbocycles. The van der Waals surface area contributed by atoms with Gasteiger partial charge in [0.25, 0.3) is 0 Å². The minimum absolute atomic E-state index is 0.133. The lowest BCUT2D eigenvalue weighted by atomic mass is 9.92. The molecular formula is C15H15FO5. The van der Waals surface area contributed by atoms with Crippen molar-refractivity contribution in [3.63, 3.8) is 0 Å². The molecule has 0 spiro atoms. The van der Waals surface area contributed by atoms with E-state index in [1.807, 2.05) is 0 Å². The Labute approximate surface area is 121 Å². The van der Waals surface area contributed by atoms with Crippen LogP contribution in [0.25, 0.3) is 5.57 Å². The lowest BCUT2D eigenvalue weighted by Gasteiger charge is -2.22. The van der Waals surface area contributed by atoms with E-state index in [2.05, 4.69) is 9.47 Å². The maximum absolute atomic E-state index is 14.1. The number of fused-ring (bicyclic) bond motifs is 1. The fourth-order valence-electron chi connectivity index (χ4n) is 2.19. The molecule has 0 aliphatic carbocycles. The van der Waals surface area contributed by atoms with Gasteiger partial charge >= 0.3 is 11.9 Å². The summed E-state index contributed by atoms with van der Waals surface area (Å²) in [5.74, 6) is -2.71. The monoisotopic (exact) mass is 294 g/mol. The van der Waals surface area contributed by atoms with Crippen LogP contribution in [0.5, 0.6) is 5.75 Å². The molecule has 0 radical (unpaired) electrons. The van der Waals surface area contributed by atoms with Crippen LogP contribution in [0, 0.1) is 5.92 Å². The molecule has 1 aromatic rings. The summed E-state index contributed by atoms with van der Waals surface area (Å²) in [7, 11) is 2.34. The second kappa shape index (κ2) is 6.39. The van der Waals surface area contributed by atoms with Crippen molar-refractivity contribution in [1.29, 1.82) is 0 Å². The highest BCUT2D eigenvalue weighted by atomic mass is 19.1. The summed E-state index contributed by atoms with van der Waals surface area (Å²) in [6, 6.07) is 6.87. The molecule has 21 heavy (non-hydrogen) atoms. The number of benzene rings is 1. The quantitative estimate of drug-likeness (QED) is 0.628. The standard InChI is InChI=1S/C15H15FO5/c1-19-14(17)11(15(18)20-2)7-10-9-5-3-4-6-13(9)21-8-12(10)16/h3-6,11H,7-8H2,1-2H3. The van der Waals surface area contributed by atoms with Crippen molar-refractivity contribution < 1.29 is 28.2 Å². The first-order valence-electron chi connectivity index (χ1n) is 6.33. The first-order valence-corrected chi connectivity index (χ1v) is 6.33. The molecule has 1 aliphatic heterocycles. The van der Waals surface area contributed by atoms with Gasteiger partial charge in [0.1, 0.15) is 18.2 Å². The number of allylic oxidation sites excluding steroid dienone is 1. The number of methoxy groups -OCH3 is 2. The van der Waals surface area contributed by atoms with Gasteiger partial charge in [-0.3, -0.25) is 9.59 Å². The molecule has 0 aromatic heterocycles. The Morgan fingerprint density at radius 2 is 1.86 bits per heavy atom. The Kier molecular flexibility index (Phi) is 4.57. The van der Waals surface area contributed by atoms with E-state index in [4.69, 9.17) is 4.74 Å². The van der Waals surface area contributed by atoms with E-state index in [1.165, 1.54) is 14.2 Å². The Morgan fingerprint density at radius 1 is 1.24 bits per heavy atom. The average Bonchev–Trinajstić information content (AvgIpc) is 2.52. The van der Waals surface area contributed by atoms with Crippen molar-refractivity contribution >= 4 is 17.5 Å². The zero-order valence-electron chi connectivity index (χ0n) is 11.7. The third kappa shape index (κ3) is 3.04. The Morgan fingerprint density at radius 3 is 2.48 bits per heavy atom. The molecule has 0 amide bonds. The van der Waals surface area contributed by atoms with Gasteiger partial charge in [0, 0.05) is 5.56 Å². The highest BCUT2D eigenvalue weighted by Crippen LogP contribution is 2.37. The molecule has 2 rings (SSSR count). The number of para-hydroxylation sites is 1. The number of rotatable bonds is 4. The Balaban J connectivity index is 2.35. The summed E-state index contributed by atoms with van der Waals surface area (Å²) in [5, 5.41) is 0. The van der Waals surface area contributed by atoms with E-state index in [-0.39, 0.29) is 18.6 Å². The molecule has 0 N–H and O–H groups in total. The second-order valence-corrected chi connectivity index (χ2v) is 4.47. The molecule has 1 heterocycles. The molecule has 6 heteroatoms. The van der Waals surface area contributed by atoms with Crippen molar-refractivity contribution in [3.8, 4) is 5.75 Å². The lowest BCUT2D eigenvalue weighted by Crippen LogP contribution is -2.27. The van der Waals surface area contributed by atoms with Crippen LogP contribution in [0.15, 0.2) is 30.1 Å². The molecular weight excluding hydrogens is 279 g/mol. The Bertz CT molecular complexity index is 577. The van der Waals surface area contributed by atoms with Crippen molar-refractivity contribution in [2.75, 3.05) is 20.8 Å². The summed E-state index contributed by atoms with van der Waals surface area (Å²) in [6.45, 7) is -0.221. The predicted molar refractivity (Wildman–Crippen MR) is 72.1 cm³/mol. The first kappa shape index (κ1) is 15.0. The van der Waals surface area contributed by atoms with E-state index < -0.39 is 23.7 Å². The first-order chi connectivity index (χ1) is 10.1.